The van der Waals surface area contributed by atoms with E-state index >= 15 is 0 Å². The normalized spacial score (nSPS) is 38.0. The number of methoxy groups -OCH3 is 1. The highest BCUT2D eigenvalue weighted by Gasteiger charge is 2.54. The first-order valence-electron chi connectivity index (χ1n) is 5.86. The Morgan fingerprint density at radius 1 is 1.39 bits per heavy atom. The number of hydrogen-bond donors (Lipinski definition) is 1. The summed E-state index contributed by atoms with van der Waals surface area (Å²) in [6.07, 6.45) is 1.30. The quantitative estimate of drug-likeness (QED) is 0.581. The van der Waals surface area contributed by atoms with Crippen molar-refractivity contribution in [1.29, 1.82) is 0 Å². The first-order valence-corrected chi connectivity index (χ1v) is 5.86. The van der Waals surface area contributed by atoms with Gasteiger partial charge in [0.15, 0.2) is 12.1 Å². The number of fused-ring (bicyclic) bond motifs is 1. The zero-order valence-corrected chi connectivity index (χ0v) is 10.7. The Morgan fingerprint density at radius 2 is 2.06 bits per heavy atom. The Labute approximate surface area is 105 Å². The van der Waals surface area contributed by atoms with Gasteiger partial charge in [0.05, 0.1) is 13.2 Å². The smallest absolute Gasteiger partial charge is 0.330 e. The first kappa shape index (κ1) is 13.5. The molecule has 18 heavy (non-hydrogen) atoms. The fourth-order valence-electron chi connectivity index (χ4n) is 2.22. The van der Waals surface area contributed by atoms with Gasteiger partial charge in [0.1, 0.15) is 12.2 Å². The molecule has 0 aromatic rings. The van der Waals surface area contributed by atoms with Crippen molar-refractivity contribution in [3.05, 3.63) is 12.2 Å². The number of carbonyl (C=O) groups is 1. The molecule has 0 aromatic heterocycles. The molecule has 2 aliphatic heterocycles. The summed E-state index contributed by atoms with van der Waals surface area (Å²) in [5.41, 5.74) is 0. The van der Waals surface area contributed by atoms with Crippen LogP contribution in [0.15, 0.2) is 12.2 Å². The molecular formula is C12H18O6. The maximum absolute atomic E-state index is 10.9. The van der Waals surface area contributed by atoms with Crippen LogP contribution < -0.4 is 0 Å². The molecule has 2 fully saturated rings. The minimum Gasteiger partial charge on any atom is -0.466 e. The molecule has 0 bridgehead atoms. The Bertz CT molecular complexity index is 350. The van der Waals surface area contributed by atoms with E-state index in [1.807, 2.05) is 0 Å². The van der Waals surface area contributed by atoms with Crippen molar-refractivity contribution in [3.8, 4) is 0 Å². The van der Waals surface area contributed by atoms with Crippen LogP contribution >= 0.6 is 0 Å². The van der Waals surface area contributed by atoms with Crippen LogP contribution in [0.1, 0.15) is 20.3 Å². The monoisotopic (exact) mass is 258 g/mol. The fraction of sp³-hybridized carbons (Fsp3) is 0.750. The number of rotatable bonds is 3. The molecule has 0 unspecified atom stereocenters. The van der Waals surface area contributed by atoms with Gasteiger partial charge in [0, 0.05) is 6.08 Å². The lowest BCUT2D eigenvalue weighted by Crippen LogP contribution is -2.29. The lowest BCUT2D eigenvalue weighted by molar-refractivity contribution is -0.219. The third-order valence-electron chi connectivity index (χ3n) is 2.95. The summed E-state index contributed by atoms with van der Waals surface area (Å²) in [4.78, 5) is 10.9. The van der Waals surface area contributed by atoms with Crippen molar-refractivity contribution in [3.63, 3.8) is 0 Å². The van der Waals surface area contributed by atoms with E-state index in [1.165, 1.54) is 13.2 Å². The first-order chi connectivity index (χ1) is 8.43. The van der Waals surface area contributed by atoms with Crippen LogP contribution in [0.2, 0.25) is 0 Å². The summed E-state index contributed by atoms with van der Waals surface area (Å²) in [6.45, 7) is 3.58. The van der Waals surface area contributed by atoms with Crippen LogP contribution in [-0.4, -0.2) is 48.6 Å². The highest BCUT2D eigenvalue weighted by molar-refractivity contribution is 5.81. The van der Waals surface area contributed by atoms with Crippen LogP contribution in [0.5, 0.6) is 0 Å². The predicted molar refractivity (Wildman–Crippen MR) is 60.5 cm³/mol. The lowest BCUT2D eigenvalue weighted by atomic mass is 10.1. The molecule has 0 aliphatic carbocycles. The second-order valence-corrected chi connectivity index (χ2v) is 4.79. The van der Waals surface area contributed by atoms with Crippen molar-refractivity contribution in [1.82, 2.24) is 0 Å². The van der Waals surface area contributed by atoms with E-state index in [0.717, 1.165) is 0 Å². The Morgan fingerprint density at radius 3 is 2.72 bits per heavy atom. The maximum atomic E-state index is 10.9. The molecule has 6 nitrogen and oxygen atoms in total. The molecule has 0 aromatic carbocycles. The lowest BCUT2D eigenvalue weighted by Gasteiger charge is -2.22. The second kappa shape index (κ2) is 4.97. The van der Waals surface area contributed by atoms with E-state index in [2.05, 4.69) is 4.74 Å². The second-order valence-electron chi connectivity index (χ2n) is 4.79. The van der Waals surface area contributed by atoms with Gasteiger partial charge in [-0.2, -0.15) is 0 Å². The van der Waals surface area contributed by atoms with Gasteiger partial charge >= 0.3 is 5.97 Å². The van der Waals surface area contributed by atoms with Crippen LogP contribution in [0, 0.1) is 0 Å². The van der Waals surface area contributed by atoms with Crippen molar-refractivity contribution in [2.75, 3.05) is 7.11 Å². The summed E-state index contributed by atoms with van der Waals surface area (Å²) in [6, 6.07) is 0. The van der Waals surface area contributed by atoms with Crippen molar-refractivity contribution >= 4 is 5.97 Å². The maximum Gasteiger partial charge on any atom is 0.330 e. The number of ether oxygens (including phenoxy) is 4. The van der Waals surface area contributed by atoms with E-state index in [9.17, 15) is 9.90 Å². The van der Waals surface area contributed by atoms with E-state index < -0.39 is 24.2 Å². The average Bonchev–Trinajstić information content (AvgIpc) is 2.75. The molecule has 2 saturated heterocycles. The molecule has 2 rings (SSSR count). The Kier molecular flexibility index (Phi) is 3.72. The zero-order chi connectivity index (χ0) is 13.3. The number of hydrogen-bond acceptors (Lipinski definition) is 6. The molecule has 0 amide bonds. The molecule has 6 heteroatoms. The topological polar surface area (TPSA) is 74.2 Å². The summed E-state index contributed by atoms with van der Waals surface area (Å²) in [5.74, 6) is -1.14. The van der Waals surface area contributed by atoms with E-state index in [-0.39, 0.29) is 12.2 Å². The average molecular weight is 258 g/mol. The number of carbonyl (C=O) groups excluding carboxylic acids is 1. The third kappa shape index (κ3) is 2.72. The number of aliphatic hydroxyl groups is 1. The van der Waals surface area contributed by atoms with E-state index in [0.29, 0.717) is 6.42 Å². The summed E-state index contributed by atoms with van der Waals surface area (Å²) in [5, 5.41) is 9.71. The van der Waals surface area contributed by atoms with Gasteiger partial charge in [0.25, 0.3) is 0 Å². The van der Waals surface area contributed by atoms with Gasteiger partial charge in [-0.15, -0.1) is 0 Å². The van der Waals surface area contributed by atoms with Crippen LogP contribution in [0.3, 0.4) is 0 Å². The minimum atomic E-state index is -0.992. The van der Waals surface area contributed by atoms with E-state index in [4.69, 9.17) is 14.2 Å². The molecule has 0 radical (unpaired) electrons. The van der Waals surface area contributed by atoms with E-state index in [1.54, 1.807) is 19.9 Å². The highest BCUT2D eigenvalue weighted by Crippen LogP contribution is 2.38. The molecule has 0 spiro atoms. The summed E-state index contributed by atoms with van der Waals surface area (Å²) >= 11 is 0. The third-order valence-corrected chi connectivity index (χ3v) is 2.95. The van der Waals surface area contributed by atoms with Gasteiger partial charge in [-0.05, 0) is 20.3 Å². The van der Waals surface area contributed by atoms with Crippen molar-refractivity contribution < 1.29 is 28.8 Å². The molecular weight excluding hydrogens is 240 g/mol. The Balaban J connectivity index is 1.95. The van der Waals surface area contributed by atoms with Gasteiger partial charge in [-0.3, -0.25) is 0 Å². The molecule has 2 aliphatic rings. The zero-order valence-electron chi connectivity index (χ0n) is 10.7. The summed E-state index contributed by atoms with van der Waals surface area (Å²) < 4.78 is 21.1. The molecule has 1 N–H and O–H groups in total. The van der Waals surface area contributed by atoms with Gasteiger partial charge in [0.2, 0.25) is 0 Å². The highest BCUT2D eigenvalue weighted by atomic mass is 16.8. The number of aliphatic hydroxyl groups excluding tert-OH is 1. The van der Waals surface area contributed by atoms with Gasteiger partial charge in [-0.25, -0.2) is 4.79 Å². The van der Waals surface area contributed by atoms with Gasteiger partial charge in [-0.1, -0.05) is 6.08 Å². The summed E-state index contributed by atoms with van der Waals surface area (Å²) in [7, 11) is 1.31. The standard InChI is InChI=1S/C12H18O6/c1-12(2)17-9-7(5-4-6-8(13)15-3)16-11(14)10(9)18-12/h4,6-7,9-11,14H,5H2,1-3H3/b6-4+/t7-,9-,10-,11-/m1/s1. The van der Waals surface area contributed by atoms with Crippen LogP contribution in [0.4, 0.5) is 0 Å². The van der Waals surface area contributed by atoms with Crippen molar-refractivity contribution in [2.45, 2.75) is 50.7 Å². The SMILES string of the molecule is COC(=O)/C=C/C[C@H]1O[C@@H](O)[C@@H]2OC(C)(C)O[C@@H]21. The largest absolute Gasteiger partial charge is 0.466 e. The van der Waals surface area contributed by atoms with Crippen LogP contribution in [-0.2, 0) is 23.7 Å². The number of esters is 1. The molecule has 102 valence electrons. The van der Waals surface area contributed by atoms with Crippen molar-refractivity contribution in [2.24, 2.45) is 0 Å². The van der Waals surface area contributed by atoms with Crippen LogP contribution in [0.25, 0.3) is 0 Å². The Hall–Kier alpha value is -0.950. The molecule has 2 heterocycles. The minimum absolute atomic E-state index is 0.322. The predicted octanol–water partition coefficient (Wildman–Crippen LogP) is 0.343. The van der Waals surface area contributed by atoms with Gasteiger partial charge < -0.3 is 24.1 Å². The fourth-order valence-corrected chi connectivity index (χ4v) is 2.22. The molecule has 4 atom stereocenters. The molecule has 0 saturated carbocycles.